The minimum atomic E-state index is 0.438. The average Bonchev–Trinajstić information content (AvgIpc) is 3.29. The van der Waals surface area contributed by atoms with E-state index in [1.807, 2.05) is 18.3 Å². The summed E-state index contributed by atoms with van der Waals surface area (Å²) >= 11 is 0. The molecule has 1 saturated heterocycles. The Morgan fingerprint density at radius 3 is 2.96 bits per heavy atom. The van der Waals surface area contributed by atoms with E-state index in [2.05, 4.69) is 38.0 Å². The van der Waals surface area contributed by atoms with Gasteiger partial charge in [0.05, 0.1) is 23.4 Å². The SMILES string of the molecule is CCCCc1cn(C2CCN(c3nccc4occc34)CC2)nn1. The summed E-state index contributed by atoms with van der Waals surface area (Å²) in [5.74, 6) is 1.03. The summed E-state index contributed by atoms with van der Waals surface area (Å²) in [5.41, 5.74) is 2.02. The van der Waals surface area contributed by atoms with Crippen molar-refractivity contribution in [1.29, 1.82) is 0 Å². The van der Waals surface area contributed by atoms with Crippen LogP contribution in [-0.2, 0) is 6.42 Å². The minimum absolute atomic E-state index is 0.438. The van der Waals surface area contributed by atoms with E-state index in [-0.39, 0.29) is 0 Å². The minimum Gasteiger partial charge on any atom is -0.464 e. The lowest BCUT2D eigenvalue weighted by atomic mass is 10.0. The lowest BCUT2D eigenvalue weighted by molar-refractivity contribution is 0.359. The highest BCUT2D eigenvalue weighted by atomic mass is 16.3. The highest BCUT2D eigenvalue weighted by Gasteiger charge is 2.23. The summed E-state index contributed by atoms with van der Waals surface area (Å²) in [7, 11) is 0. The molecule has 0 saturated carbocycles. The fourth-order valence-electron chi connectivity index (χ4n) is 3.44. The van der Waals surface area contributed by atoms with Gasteiger partial charge in [0, 0.05) is 25.5 Å². The van der Waals surface area contributed by atoms with Gasteiger partial charge in [-0.15, -0.1) is 5.10 Å². The zero-order valence-corrected chi connectivity index (χ0v) is 14.1. The van der Waals surface area contributed by atoms with Crippen LogP contribution in [0, 0.1) is 0 Å². The van der Waals surface area contributed by atoms with E-state index < -0.39 is 0 Å². The van der Waals surface area contributed by atoms with Gasteiger partial charge in [-0.25, -0.2) is 9.67 Å². The first kappa shape index (κ1) is 15.2. The Morgan fingerprint density at radius 2 is 2.12 bits per heavy atom. The number of piperidine rings is 1. The van der Waals surface area contributed by atoms with Gasteiger partial charge in [-0.3, -0.25) is 0 Å². The number of pyridine rings is 1. The van der Waals surface area contributed by atoms with Gasteiger partial charge in [0.15, 0.2) is 0 Å². The Morgan fingerprint density at radius 1 is 1.25 bits per heavy atom. The molecule has 24 heavy (non-hydrogen) atoms. The monoisotopic (exact) mass is 325 g/mol. The van der Waals surface area contributed by atoms with E-state index >= 15 is 0 Å². The maximum atomic E-state index is 5.49. The van der Waals surface area contributed by atoms with Crippen LogP contribution in [0.3, 0.4) is 0 Å². The van der Waals surface area contributed by atoms with E-state index in [0.29, 0.717) is 6.04 Å². The number of rotatable bonds is 5. The van der Waals surface area contributed by atoms with Crippen molar-refractivity contribution in [3.8, 4) is 0 Å². The van der Waals surface area contributed by atoms with Crippen molar-refractivity contribution in [2.24, 2.45) is 0 Å². The van der Waals surface area contributed by atoms with Crippen LogP contribution in [-0.4, -0.2) is 33.1 Å². The largest absolute Gasteiger partial charge is 0.464 e. The third-order valence-electron chi connectivity index (χ3n) is 4.84. The fourth-order valence-corrected chi connectivity index (χ4v) is 3.44. The second-order valence-electron chi connectivity index (χ2n) is 6.48. The zero-order chi connectivity index (χ0) is 16.4. The Labute approximate surface area is 141 Å². The molecule has 0 bridgehead atoms. The second-order valence-corrected chi connectivity index (χ2v) is 6.48. The van der Waals surface area contributed by atoms with Crippen molar-refractivity contribution in [3.05, 3.63) is 36.5 Å². The lowest BCUT2D eigenvalue weighted by Gasteiger charge is -2.32. The first-order chi connectivity index (χ1) is 11.8. The number of nitrogens with zero attached hydrogens (tertiary/aromatic N) is 5. The van der Waals surface area contributed by atoms with Crippen molar-refractivity contribution >= 4 is 16.8 Å². The number of hydrogen-bond donors (Lipinski definition) is 0. The number of aryl methyl sites for hydroxylation is 1. The predicted molar refractivity (Wildman–Crippen MR) is 93.1 cm³/mol. The summed E-state index contributed by atoms with van der Waals surface area (Å²) < 4.78 is 7.55. The van der Waals surface area contributed by atoms with Crippen LogP contribution in [0.25, 0.3) is 11.0 Å². The van der Waals surface area contributed by atoms with E-state index in [1.165, 1.54) is 12.8 Å². The zero-order valence-electron chi connectivity index (χ0n) is 14.1. The molecule has 4 rings (SSSR count). The van der Waals surface area contributed by atoms with Gasteiger partial charge >= 0.3 is 0 Å². The molecule has 3 aromatic heterocycles. The highest BCUT2D eigenvalue weighted by Crippen LogP contribution is 2.30. The van der Waals surface area contributed by atoms with Crippen LogP contribution in [0.1, 0.15) is 44.3 Å². The van der Waals surface area contributed by atoms with Gasteiger partial charge in [-0.1, -0.05) is 18.6 Å². The van der Waals surface area contributed by atoms with Gasteiger partial charge in [-0.05, 0) is 37.8 Å². The van der Waals surface area contributed by atoms with Crippen LogP contribution < -0.4 is 4.90 Å². The maximum absolute atomic E-state index is 5.49. The second kappa shape index (κ2) is 6.63. The molecule has 0 N–H and O–H groups in total. The first-order valence-electron chi connectivity index (χ1n) is 8.83. The summed E-state index contributed by atoms with van der Waals surface area (Å²) in [6.45, 7) is 4.16. The number of furan rings is 1. The molecule has 4 heterocycles. The van der Waals surface area contributed by atoms with Crippen molar-refractivity contribution in [1.82, 2.24) is 20.0 Å². The van der Waals surface area contributed by atoms with Gasteiger partial charge in [0.25, 0.3) is 0 Å². The summed E-state index contributed by atoms with van der Waals surface area (Å²) in [5, 5.41) is 9.76. The molecule has 0 aliphatic carbocycles. The highest BCUT2D eigenvalue weighted by molar-refractivity contribution is 5.88. The third-order valence-corrected chi connectivity index (χ3v) is 4.84. The third kappa shape index (κ3) is 2.88. The number of unbranched alkanes of at least 4 members (excludes halogenated alkanes) is 1. The van der Waals surface area contributed by atoms with Gasteiger partial charge < -0.3 is 9.32 Å². The van der Waals surface area contributed by atoms with Gasteiger partial charge in [-0.2, -0.15) is 0 Å². The Balaban J connectivity index is 1.43. The number of anilines is 1. The molecule has 0 atom stereocenters. The summed E-state index contributed by atoms with van der Waals surface area (Å²) in [6.07, 6.45) is 11.2. The van der Waals surface area contributed by atoms with Crippen molar-refractivity contribution < 1.29 is 4.42 Å². The van der Waals surface area contributed by atoms with E-state index in [9.17, 15) is 0 Å². The first-order valence-corrected chi connectivity index (χ1v) is 8.83. The smallest absolute Gasteiger partial charge is 0.139 e. The number of hydrogen-bond acceptors (Lipinski definition) is 5. The van der Waals surface area contributed by atoms with Crippen molar-refractivity contribution in [2.45, 2.75) is 45.1 Å². The van der Waals surface area contributed by atoms with E-state index in [1.54, 1.807) is 6.26 Å². The number of aromatic nitrogens is 4. The van der Waals surface area contributed by atoms with Crippen LogP contribution >= 0.6 is 0 Å². The van der Waals surface area contributed by atoms with Crippen LogP contribution in [0.5, 0.6) is 0 Å². The molecule has 1 aliphatic rings. The van der Waals surface area contributed by atoms with E-state index in [4.69, 9.17) is 4.42 Å². The lowest BCUT2D eigenvalue weighted by Crippen LogP contribution is -2.35. The summed E-state index contributed by atoms with van der Waals surface area (Å²) in [6, 6.07) is 4.35. The molecule has 3 aromatic rings. The Hall–Kier alpha value is -2.37. The summed E-state index contributed by atoms with van der Waals surface area (Å²) in [4.78, 5) is 6.92. The molecular weight excluding hydrogens is 302 g/mol. The van der Waals surface area contributed by atoms with Gasteiger partial charge in [0.2, 0.25) is 0 Å². The topological polar surface area (TPSA) is 60.0 Å². The molecule has 6 nitrogen and oxygen atoms in total. The maximum Gasteiger partial charge on any atom is 0.139 e. The van der Waals surface area contributed by atoms with Crippen LogP contribution in [0.4, 0.5) is 5.82 Å². The Kier molecular flexibility index (Phi) is 4.19. The standard InChI is InChI=1S/C18H23N5O/c1-2-3-4-14-13-23(21-20-14)15-6-10-22(11-7-15)18-16-8-12-24-17(16)5-9-19-18/h5,8-9,12-13,15H,2-4,6-7,10-11H2,1H3. The normalized spacial score (nSPS) is 16.1. The van der Waals surface area contributed by atoms with Gasteiger partial charge in [0.1, 0.15) is 11.4 Å². The molecule has 0 unspecified atom stereocenters. The Bertz CT molecular complexity index is 800. The predicted octanol–water partition coefficient (Wildman–Crippen LogP) is 3.60. The molecule has 6 heteroatoms. The van der Waals surface area contributed by atoms with Crippen LogP contribution in [0.15, 0.2) is 35.2 Å². The number of fused-ring (bicyclic) bond motifs is 1. The quantitative estimate of drug-likeness (QED) is 0.717. The molecule has 1 aliphatic heterocycles. The van der Waals surface area contributed by atoms with E-state index in [0.717, 1.165) is 54.8 Å². The molecule has 0 radical (unpaired) electrons. The van der Waals surface area contributed by atoms with Crippen molar-refractivity contribution in [2.75, 3.05) is 18.0 Å². The average molecular weight is 325 g/mol. The van der Waals surface area contributed by atoms with Crippen molar-refractivity contribution in [3.63, 3.8) is 0 Å². The molecule has 0 spiro atoms. The molecule has 126 valence electrons. The molecule has 0 amide bonds. The molecule has 0 aromatic carbocycles. The molecular formula is C18H23N5O. The van der Waals surface area contributed by atoms with Crippen LogP contribution in [0.2, 0.25) is 0 Å². The molecule has 1 fully saturated rings. The fraction of sp³-hybridized carbons (Fsp3) is 0.500.